The van der Waals surface area contributed by atoms with Crippen molar-refractivity contribution in [2.24, 2.45) is 5.73 Å². The van der Waals surface area contributed by atoms with Crippen molar-refractivity contribution in [1.82, 2.24) is 0 Å². The molecule has 1 aromatic carbocycles. The zero-order valence-corrected chi connectivity index (χ0v) is 13.3. The second-order valence-corrected chi connectivity index (χ2v) is 5.50. The number of esters is 1. The third-order valence-electron chi connectivity index (χ3n) is 3.49. The van der Waals surface area contributed by atoms with Crippen LogP contribution in [0, 0.1) is 0 Å². The molecule has 3 N–H and O–H groups in total. The fraction of sp³-hybridized carbons (Fsp3) is 0.353. The van der Waals surface area contributed by atoms with Crippen LogP contribution in [-0.4, -0.2) is 29.7 Å². The summed E-state index contributed by atoms with van der Waals surface area (Å²) in [7, 11) is 0. The first kappa shape index (κ1) is 17.7. The predicted molar refractivity (Wildman–Crippen MR) is 86.8 cm³/mol. The lowest BCUT2D eigenvalue weighted by Crippen LogP contribution is -2.32. The van der Waals surface area contributed by atoms with Gasteiger partial charge in [-0.15, -0.1) is 0 Å². The van der Waals surface area contributed by atoms with Gasteiger partial charge in [0.2, 0.25) is 0 Å². The van der Waals surface area contributed by atoms with Gasteiger partial charge in [0.15, 0.2) is 5.43 Å². The Morgan fingerprint density at radius 1 is 1.33 bits per heavy atom. The van der Waals surface area contributed by atoms with Crippen LogP contribution in [0.2, 0.25) is 0 Å². The lowest BCUT2D eigenvalue weighted by atomic mass is 10.0. The van der Waals surface area contributed by atoms with Crippen LogP contribution >= 0.6 is 0 Å². The van der Waals surface area contributed by atoms with E-state index in [1.54, 1.807) is 18.2 Å². The molecule has 0 aliphatic heterocycles. The predicted octanol–water partition coefficient (Wildman–Crippen LogP) is 1.24. The molecule has 1 atom stereocenters. The van der Waals surface area contributed by atoms with Crippen LogP contribution < -0.4 is 11.2 Å². The van der Waals surface area contributed by atoms with Gasteiger partial charge in [-0.3, -0.25) is 14.4 Å². The summed E-state index contributed by atoms with van der Waals surface area (Å²) < 4.78 is 10.5. The van der Waals surface area contributed by atoms with Crippen LogP contribution in [0.25, 0.3) is 11.0 Å². The Labute approximate surface area is 138 Å². The SMILES string of the molecule is CC(=O)OCCCc1cc(=O)c2cc(CC(N)C(=O)O)ccc2o1. The molecule has 0 aliphatic rings. The second kappa shape index (κ2) is 7.74. The summed E-state index contributed by atoms with van der Waals surface area (Å²) in [5.74, 6) is -0.929. The van der Waals surface area contributed by atoms with Crippen molar-refractivity contribution in [2.75, 3.05) is 6.61 Å². The van der Waals surface area contributed by atoms with Crippen LogP contribution in [-0.2, 0) is 27.2 Å². The summed E-state index contributed by atoms with van der Waals surface area (Å²) in [5.41, 5.74) is 6.39. The average molecular weight is 333 g/mol. The number of carbonyl (C=O) groups is 2. The second-order valence-electron chi connectivity index (χ2n) is 5.50. The van der Waals surface area contributed by atoms with E-state index in [1.807, 2.05) is 0 Å². The minimum Gasteiger partial charge on any atom is -0.480 e. The molecule has 0 spiro atoms. The zero-order chi connectivity index (χ0) is 17.7. The van der Waals surface area contributed by atoms with Gasteiger partial charge in [-0.1, -0.05) is 6.07 Å². The number of carbonyl (C=O) groups excluding carboxylic acids is 1. The Morgan fingerprint density at radius 3 is 2.75 bits per heavy atom. The standard InChI is InChI=1S/C17H19NO6/c1-10(19)23-6-2-3-12-9-15(20)13-7-11(4-5-16(13)24-12)8-14(18)17(21)22/h4-5,7,9,14H,2-3,6,8,18H2,1H3,(H,21,22). The summed E-state index contributed by atoms with van der Waals surface area (Å²) in [6.45, 7) is 1.60. The van der Waals surface area contributed by atoms with Gasteiger partial charge in [0.1, 0.15) is 17.4 Å². The fourth-order valence-electron chi connectivity index (χ4n) is 2.31. The molecular weight excluding hydrogens is 314 g/mol. The first-order valence-corrected chi connectivity index (χ1v) is 7.54. The third-order valence-corrected chi connectivity index (χ3v) is 3.49. The molecule has 0 aliphatic carbocycles. The van der Waals surface area contributed by atoms with E-state index < -0.39 is 12.0 Å². The number of nitrogens with two attached hydrogens (primary N) is 1. The van der Waals surface area contributed by atoms with Crippen molar-refractivity contribution in [1.29, 1.82) is 0 Å². The Kier molecular flexibility index (Phi) is 5.70. The maximum absolute atomic E-state index is 12.2. The van der Waals surface area contributed by atoms with Crippen LogP contribution in [0.1, 0.15) is 24.7 Å². The highest BCUT2D eigenvalue weighted by atomic mass is 16.5. The molecule has 7 heteroatoms. The first-order chi connectivity index (χ1) is 11.4. The number of benzene rings is 1. The van der Waals surface area contributed by atoms with Gasteiger partial charge >= 0.3 is 11.9 Å². The minimum atomic E-state index is -1.09. The van der Waals surface area contributed by atoms with Crippen molar-refractivity contribution in [3.63, 3.8) is 0 Å². The molecule has 7 nitrogen and oxygen atoms in total. The van der Waals surface area contributed by atoms with Crippen molar-refractivity contribution in [2.45, 2.75) is 32.2 Å². The van der Waals surface area contributed by atoms with E-state index >= 15 is 0 Å². The van der Waals surface area contributed by atoms with E-state index in [4.69, 9.17) is 20.0 Å². The van der Waals surface area contributed by atoms with E-state index in [0.29, 0.717) is 35.1 Å². The van der Waals surface area contributed by atoms with E-state index in [2.05, 4.69) is 0 Å². The van der Waals surface area contributed by atoms with Crippen LogP contribution in [0.15, 0.2) is 33.5 Å². The summed E-state index contributed by atoms with van der Waals surface area (Å²) >= 11 is 0. The number of ether oxygens (including phenoxy) is 1. The largest absolute Gasteiger partial charge is 0.480 e. The van der Waals surface area contributed by atoms with Crippen LogP contribution in [0.3, 0.4) is 0 Å². The molecule has 2 rings (SSSR count). The molecule has 1 unspecified atom stereocenters. The first-order valence-electron chi connectivity index (χ1n) is 7.54. The number of hydrogen-bond donors (Lipinski definition) is 2. The minimum absolute atomic E-state index is 0.134. The Bertz CT molecular complexity index is 810. The highest BCUT2D eigenvalue weighted by Gasteiger charge is 2.13. The lowest BCUT2D eigenvalue weighted by Gasteiger charge is -2.08. The molecule has 0 saturated carbocycles. The smallest absolute Gasteiger partial charge is 0.320 e. The molecule has 0 saturated heterocycles. The van der Waals surface area contributed by atoms with Crippen molar-refractivity contribution in [3.8, 4) is 0 Å². The van der Waals surface area contributed by atoms with E-state index in [9.17, 15) is 14.4 Å². The number of aliphatic carboxylic acids is 1. The number of fused-ring (bicyclic) bond motifs is 1. The van der Waals surface area contributed by atoms with Crippen LogP contribution in [0.5, 0.6) is 0 Å². The Balaban J connectivity index is 2.15. The average Bonchev–Trinajstić information content (AvgIpc) is 2.52. The molecule has 1 heterocycles. The third kappa shape index (κ3) is 4.66. The number of rotatable bonds is 7. The topological polar surface area (TPSA) is 120 Å². The maximum atomic E-state index is 12.2. The summed E-state index contributed by atoms with van der Waals surface area (Å²) in [4.78, 5) is 33.7. The normalized spacial score (nSPS) is 12.1. The number of carboxylic acids is 1. The molecule has 24 heavy (non-hydrogen) atoms. The monoisotopic (exact) mass is 333 g/mol. The molecular formula is C17H19NO6. The highest BCUT2D eigenvalue weighted by Crippen LogP contribution is 2.16. The van der Waals surface area contributed by atoms with Crippen molar-refractivity contribution < 1.29 is 23.8 Å². The Hall–Kier alpha value is -2.67. The van der Waals surface area contributed by atoms with Crippen molar-refractivity contribution in [3.05, 3.63) is 45.8 Å². The molecule has 128 valence electrons. The summed E-state index contributed by atoms with van der Waals surface area (Å²) in [6, 6.07) is 5.31. The molecule has 0 bridgehead atoms. The van der Waals surface area contributed by atoms with Gasteiger partial charge in [0.05, 0.1) is 12.0 Å². The fourth-order valence-corrected chi connectivity index (χ4v) is 2.31. The molecule has 2 aromatic rings. The lowest BCUT2D eigenvalue weighted by molar-refractivity contribution is -0.141. The van der Waals surface area contributed by atoms with Gasteiger partial charge in [-0.05, 0) is 30.5 Å². The van der Waals surface area contributed by atoms with E-state index in [-0.39, 0.29) is 24.4 Å². The number of carboxylic acid groups (broad SMARTS) is 1. The Morgan fingerprint density at radius 2 is 2.08 bits per heavy atom. The van der Waals surface area contributed by atoms with Gasteiger partial charge in [-0.2, -0.15) is 0 Å². The van der Waals surface area contributed by atoms with E-state index in [0.717, 1.165) is 0 Å². The van der Waals surface area contributed by atoms with Gasteiger partial charge in [0, 0.05) is 19.4 Å². The molecule has 0 radical (unpaired) electrons. The molecule has 1 aromatic heterocycles. The zero-order valence-electron chi connectivity index (χ0n) is 13.3. The van der Waals surface area contributed by atoms with Crippen LogP contribution in [0.4, 0.5) is 0 Å². The molecule has 0 amide bonds. The highest BCUT2D eigenvalue weighted by molar-refractivity contribution is 5.78. The van der Waals surface area contributed by atoms with E-state index in [1.165, 1.54) is 13.0 Å². The number of aryl methyl sites for hydroxylation is 1. The van der Waals surface area contributed by atoms with Gasteiger partial charge in [0.25, 0.3) is 0 Å². The summed E-state index contributed by atoms with van der Waals surface area (Å²) in [6.07, 6.45) is 1.17. The maximum Gasteiger partial charge on any atom is 0.320 e. The van der Waals surface area contributed by atoms with Gasteiger partial charge in [-0.25, -0.2) is 0 Å². The van der Waals surface area contributed by atoms with Crippen molar-refractivity contribution >= 4 is 22.9 Å². The number of hydrogen-bond acceptors (Lipinski definition) is 6. The summed E-state index contributed by atoms with van der Waals surface area (Å²) in [5, 5.41) is 9.23. The molecule has 0 fully saturated rings. The quantitative estimate of drug-likeness (QED) is 0.578. The van der Waals surface area contributed by atoms with Gasteiger partial charge < -0.3 is 20.0 Å².